The molecule has 0 amide bonds. The minimum absolute atomic E-state index is 0.0980. The van der Waals surface area contributed by atoms with Gasteiger partial charge in [0.1, 0.15) is 0 Å². The van der Waals surface area contributed by atoms with Crippen molar-refractivity contribution < 1.29 is 9.90 Å². The summed E-state index contributed by atoms with van der Waals surface area (Å²) >= 11 is 0. The van der Waals surface area contributed by atoms with Crippen molar-refractivity contribution >= 4 is 5.97 Å². The molecule has 0 N–H and O–H groups in total. The van der Waals surface area contributed by atoms with Crippen LogP contribution < -0.4 is 5.11 Å². The van der Waals surface area contributed by atoms with Crippen molar-refractivity contribution in [2.75, 3.05) is 14.1 Å². The number of rotatable bonds is 23. The molecule has 0 aromatic heterocycles. The van der Waals surface area contributed by atoms with Crippen molar-refractivity contribution in [3.05, 3.63) is 0 Å². The summed E-state index contributed by atoms with van der Waals surface area (Å²) in [4.78, 5) is 13.5. The minimum atomic E-state index is -0.873. The average molecular weight is 425 g/mol. The number of nitrogens with zero attached hydrogens (tertiary/aromatic N) is 1. The number of carboxylic acid groups (broad SMARTS) is 1. The first kappa shape index (κ1) is 29.4. The van der Waals surface area contributed by atoms with Gasteiger partial charge in [0, 0.05) is 17.9 Å². The van der Waals surface area contributed by atoms with Gasteiger partial charge < -0.3 is 14.8 Å². The van der Waals surface area contributed by atoms with Crippen LogP contribution >= 0.6 is 0 Å². The highest BCUT2D eigenvalue weighted by atomic mass is 16.4. The molecule has 0 aliphatic carbocycles. The Labute approximate surface area is 189 Å². The van der Waals surface area contributed by atoms with Crippen LogP contribution in [0.2, 0.25) is 0 Å². The molecule has 0 aromatic rings. The summed E-state index contributed by atoms with van der Waals surface area (Å²) in [6.45, 7) is 4.35. The van der Waals surface area contributed by atoms with E-state index in [1.807, 2.05) is 19.0 Å². The summed E-state index contributed by atoms with van der Waals surface area (Å²) in [5, 5.41) is 11.5. The number of carbonyl (C=O) groups excluding carboxylic acids is 1. The van der Waals surface area contributed by atoms with Crippen molar-refractivity contribution in [2.45, 2.75) is 148 Å². The largest absolute Gasteiger partial charge is 0.550 e. The fraction of sp³-hybridized carbons (Fsp3) is 0.963. The molecule has 0 radical (unpaired) electrons. The van der Waals surface area contributed by atoms with Crippen molar-refractivity contribution in [1.82, 2.24) is 4.90 Å². The SMILES string of the molecule is CCCCCCCCCCCCCCCCCCCCC(C(=O)[O-])C(CC)N(C)C. The lowest BCUT2D eigenvalue weighted by molar-refractivity contribution is -0.313. The highest BCUT2D eigenvalue weighted by molar-refractivity contribution is 5.68. The molecule has 2 unspecified atom stereocenters. The van der Waals surface area contributed by atoms with Gasteiger partial charge in [0.2, 0.25) is 0 Å². The maximum absolute atomic E-state index is 11.5. The summed E-state index contributed by atoms with van der Waals surface area (Å²) in [6, 6.07) is 0.0980. The molecule has 0 fully saturated rings. The number of hydrogen-bond donors (Lipinski definition) is 0. The van der Waals surface area contributed by atoms with E-state index in [2.05, 4.69) is 13.8 Å². The Morgan fingerprint density at radius 2 is 0.967 bits per heavy atom. The van der Waals surface area contributed by atoms with Gasteiger partial charge in [0.15, 0.2) is 0 Å². The quantitative estimate of drug-likeness (QED) is 0.164. The molecule has 3 heteroatoms. The molecule has 0 rings (SSSR count). The van der Waals surface area contributed by atoms with Crippen LogP contribution in [0.3, 0.4) is 0 Å². The summed E-state index contributed by atoms with van der Waals surface area (Å²) in [5.74, 6) is -1.20. The van der Waals surface area contributed by atoms with Gasteiger partial charge in [0.25, 0.3) is 0 Å². The van der Waals surface area contributed by atoms with Crippen LogP contribution in [0.4, 0.5) is 0 Å². The zero-order chi connectivity index (χ0) is 22.5. The van der Waals surface area contributed by atoms with Crippen molar-refractivity contribution in [1.29, 1.82) is 0 Å². The third-order valence-corrected chi connectivity index (χ3v) is 6.72. The molecule has 2 atom stereocenters. The number of carbonyl (C=O) groups is 1. The van der Waals surface area contributed by atoms with E-state index in [9.17, 15) is 9.90 Å². The molecule has 0 spiro atoms. The maximum Gasteiger partial charge on any atom is 0.0460 e. The van der Waals surface area contributed by atoms with Crippen LogP contribution in [0.1, 0.15) is 142 Å². The Morgan fingerprint density at radius 1 is 0.633 bits per heavy atom. The standard InChI is InChI=1S/C27H55NO2/c1-5-7-8-9-10-11-12-13-14-15-16-17-18-19-20-21-22-23-24-25(27(29)30)26(6-2)28(3)4/h25-26H,5-24H2,1-4H3,(H,29,30)/p-1. The predicted molar refractivity (Wildman–Crippen MR) is 130 cm³/mol. The topological polar surface area (TPSA) is 43.4 Å². The Morgan fingerprint density at radius 3 is 1.23 bits per heavy atom. The normalized spacial score (nSPS) is 13.6. The lowest BCUT2D eigenvalue weighted by Gasteiger charge is -2.32. The van der Waals surface area contributed by atoms with Crippen LogP contribution in [-0.2, 0) is 4.79 Å². The van der Waals surface area contributed by atoms with Gasteiger partial charge in [-0.25, -0.2) is 0 Å². The third kappa shape index (κ3) is 17.1. The molecular weight excluding hydrogens is 370 g/mol. The van der Waals surface area contributed by atoms with E-state index in [-0.39, 0.29) is 12.0 Å². The van der Waals surface area contributed by atoms with Gasteiger partial charge in [0.05, 0.1) is 0 Å². The Kier molecular flexibility index (Phi) is 21.2. The molecule has 180 valence electrons. The van der Waals surface area contributed by atoms with E-state index in [1.165, 1.54) is 103 Å². The second-order valence-electron chi connectivity index (χ2n) is 9.66. The number of unbranched alkanes of at least 4 members (excludes halogenated alkanes) is 17. The molecule has 0 aliphatic rings. The van der Waals surface area contributed by atoms with E-state index in [0.29, 0.717) is 0 Å². The second kappa shape index (κ2) is 21.7. The Balaban J connectivity index is 3.41. The number of aliphatic carboxylic acids is 1. The Hall–Kier alpha value is -0.570. The fourth-order valence-electron chi connectivity index (χ4n) is 4.74. The van der Waals surface area contributed by atoms with Gasteiger partial charge in [-0.3, -0.25) is 0 Å². The minimum Gasteiger partial charge on any atom is -0.550 e. The molecule has 3 nitrogen and oxygen atoms in total. The van der Waals surface area contributed by atoms with Gasteiger partial charge in [-0.15, -0.1) is 0 Å². The zero-order valence-corrected chi connectivity index (χ0v) is 21.1. The van der Waals surface area contributed by atoms with Crippen LogP contribution in [-0.4, -0.2) is 31.0 Å². The lowest BCUT2D eigenvalue weighted by atomic mass is 9.90. The first-order valence-corrected chi connectivity index (χ1v) is 13.4. The molecular formula is C27H54NO2-. The van der Waals surface area contributed by atoms with E-state index in [4.69, 9.17) is 0 Å². The predicted octanol–water partition coefficient (Wildman–Crippen LogP) is 7.12. The lowest BCUT2D eigenvalue weighted by Crippen LogP contribution is -2.44. The van der Waals surface area contributed by atoms with Crippen LogP contribution in [0.25, 0.3) is 0 Å². The van der Waals surface area contributed by atoms with Crippen molar-refractivity contribution in [3.8, 4) is 0 Å². The summed E-state index contributed by atoms with van der Waals surface area (Å²) in [5.41, 5.74) is 0. The van der Waals surface area contributed by atoms with E-state index in [0.717, 1.165) is 25.7 Å². The van der Waals surface area contributed by atoms with Gasteiger partial charge in [-0.2, -0.15) is 0 Å². The maximum atomic E-state index is 11.5. The van der Waals surface area contributed by atoms with Crippen LogP contribution in [0, 0.1) is 5.92 Å². The van der Waals surface area contributed by atoms with Crippen LogP contribution in [0.15, 0.2) is 0 Å². The van der Waals surface area contributed by atoms with Crippen molar-refractivity contribution in [2.24, 2.45) is 5.92 Å². The number of hydrogen-bond acceptors (Lipinski definition) is 3. The molecule has 0 aliphatic heterocycles. The molecule has 0 aromatic carbocycles. The Bertz CT molecular complexity index is 370. The zero-order valence-electron chi connectivity index (χ0n) is 21.1. The third-order valence-electron chi connectivity index (χ3n) is 6.72. The average Bonchev–Trinajstić information content (AvgIpc) is 2.71. The first-order chi connectivity index (χ1) is 14.5. The summed E-state index contributed by atoms with van der Waals surface area (Å²) in [7, 11) is 3.94. The van der Waals surface area contributed by atoms with Gasteiger partial charge in [-0.1, -0.05) is 129 Å². The summed E-state index contributed by atoms with van der Waals surface area (Å²) in [6.07, 6.45) is 26.1. The highest BCUT2D eigenvalue weighted by Gasteiger charge is 2.22. The fourth-order valence-corrected chi connectivity index (χ4v) is 4.74. The monoisotopic (exact) mass is 424 g/mol. The van der Waals surface area contributed by atoms with E-state index >= 15 is 0 Å². The molecule has 0 saturated carbocycles. The number of carboxylic acids is 1. The van der Waals surface area contributed by atoms with Gasteiger partial charge in [-0.05, 0) is 26.9 Å². The molecule has 0 heterocycles. The molecule has 0 saturated heterocycles. The van der Waals surface area contributed by atoms with E-state index < -0.39 is 5.97 Å². The second-order valence-corrected chi connectivity index (χ2v) is 9.66. The van der Waals surface area contributed by atoms with Gasteiger partial charge >= 0.3 is 0 Å². The highest BCUT2D eigenvalue weighted by Crippen LogP contribution is 2.20. The first-order valence-electron chi connectivity index (χ1n) is 13.4. The van der Waals surface area contributed by atoms with Crippen LogP contribution in [0.5, 0.6) is 0 Å². The molecule has 0 bridgehead atoms. The van der Waals surface area contributed by atoms with Crippen molar-refractivity contribution in [3.63, 3.8) is 0 Å². The summed E-state index contributed by atoms with van der Waals surface area (Å²) < 4.78 is 0. The smallest absolute Gasteiger partial charge is 0.0460 e. The molecule has 30 heavy (non-hydrogen) atoms. The van der Waals surface area contributed by atoms with E-state index in [1.54, 1.807) is 0 Å².